The van der Waals surface area contributed by atoms with Crippen LogP contribution in [-0.2, 0) is 6.18 Å². The molecule has 2 heterocycles. The van der Waals surface area contributed by atoms with Gasteiger partial charge in [0.05, 0.1) is 11.4 Å². The number of aryl methyl sites for hydroxylation is 2. The largest absolute Gasteiger partial charge is 0.453 e. The number of rotatable bonds is 1. The number of hydrogen-bond donors (Lipinski definition) is 1. The van der Waals surface area contributed by atoms with Crippen molar-refractivity contribution in [3.63, 3.8) is 0 Å². The van der Waals surface area contributed by atoms with Gasteiger partial charge >= 0.3 is 6.18 Å². The van der Waals surface area contributed by atoms with Gasteiger partial charge in [0.25, 0.3) is 5.82 Å². The zero-order valence-corrected chi connectivity index (χ0v) is 12.6. The van der Waals surface area contributed by atoms with Crippen molar-refractivity contribution in [1.29, 1.82) is 0 Å². The Hall–Kier alpha value is -2.03. The van der Waals surface area contributed by atoms with E-state index in [4.69, 9.17) is 0 Å². The lowest BCUT2D eigenvalue weighted by Crippen LogP contribution is -2.33. The third kappa shape index (κ3) is 2.80. The third-order valence-electron chi connectivity index (χ3n) is 3.07. The van der Waals surface area contributed by atoms with Gasteiger partial charge in [0, 0.05) is 0 Å². The Balaban J connectivity index is 1.93. The van der Waals surface area contributed by atoms with E-state index in [9.17, 15) is 13.2 Å². The Morgan fingerprint density at radius 1 is 1.27 bits per heavy atom. The highest BCUT2D eigenvalue weighted by Crippen LogP contribution is 2.31. The monoisotopic (exact) mass is 327 g/mol. The maximum absolute atomic E-state index is 12.9. The normalized spacial score (nSPS) is 16.5. The van der Waals surface area contributed by atoms with Crippen LogP contribution in [0.25, 0.3) is 0 Å². The molecule has 22 heavy (non-hydrogen) atoms. The molecule has 0 saturated carbocycles. The van der Waals surface area contributed by atoms with E-state index in [2.05, 4.69) is 20.6 Å². The summed E-state index contributed by atoms with van der Waals surface area (Å²) in [5, 5.41) is 6.89. The van der Waals surface area contributed by atoms with Crippen molar-refractivity contribution >= 4 is 23.3 Å². The van der Waals surface area contributed by atoms with E-state index >= 15 is 0 Å². The minimum atomic E-state index is -4.57. The maximum Gasteiger partial charge on any atom is 0.453 e. The first-order valence-corrected chi connectivity index (χ1v) is 7.40. The fraction of sp³-hybridized carbons (Fsp3) is 0.308. The first-order valence-electron chi connectivity index (χ1n) is 6.42. The summed E-state index contributed by atoms with van der Waals surface area (Å²) in [7, 11) is 0. The van der Waals surface area contributed by atoms with Gasteiger partial charge in [0.15, 0.2) is 0 Å². The molecule has 5 nitrogen and oxygen atoms in total. The Morgan fingerprint density at radius 3 is 2.73 bits per heavy atom. The Morgan fingerprint density at radius 2 is 2.05 bits per heavy atom. The van der Waals surface area contributed by atoms with Gasteiger partial charge in [-0.3, -0.25) is 5.43 Å². The number of nitrogens with one attached hydrogen (secondary N) is 1. The first kappa shape index (κ1) is 14.9. The maximum atomic E-state index is 12.9. The second-order valence-electron chi connectivity index (χ2n) is 4.89. The van der Waals surface area contributed by atoms with Crippen molar-refractivity contribution in [1.82, 2.24) is 14.9 Å². The molecule has 1 aliphatic heterocycles. The van der Waals surface area contributed by atoms with E-state index < -0.39 is 12.0 Å². The molecule has 0 fully saturated rings. The van der Waals surface area contributed by atoms with Crippen LogP contribution in [0.3, 0.4) is 0 Å². The van der Waals surface area contributed by atoms with Gasteiger partial charge in [0.2, 0.25) is 5.16 Å². The molecule has 1 aliphatic rings. The fourth-order valence-corrected chi connectivity index (χ4v) is 2.83. The summed E-state index contributed by atoms with van der Waals surface area (Å²) < 4.78 is 39.4. The van der Waals surface area contributed by atoms with Gasteiger partial charge in [-0.1, -0.05) is 29.5 Å². The van der Waals surface area contributed by atoms with Gasteiger partial charge in [-0.05, 0) is 25.5 Å². The molecule has 116 valence electrons. The topological polar surface area (TPSA) is 55.1 Å². The Labute approximate surface area is 128 Å². The summed E-state index contributed by atoms with van der Waals surface area (Å²) in [6.45, 7) is 3.88. The molecule has 0 bridgehead atoms. The molecule has 0 amide bonds. The molecule has 0 spiro atoms. The molecule has 0 atom stereocenters. The molecule has 0 unspecified atom stereocenters. The van der Waals surface area contributed by atoms with Crippen molar-refractivity contribution in [2.45, 2.75) is 25.2 Å². The van der Waals surface area contributed by atoms with Crippen LogP contribution in [0, 0.1) is 13.8 Å². The molecule has 1 aromatic carbocycles. The van der Waals surface area contributed by atoms with E-state index in [0.29, 0.717) is 11.6 Å². The van der Waals surface area contributed by atoms with E-state index in [-0.39, 0.29) is 5.16 Å². The fourth-order valence-electron chi connectivity index (χ4n) is 2.08. The van der Waals surface area contributed by atoms with Crippen molar-refractivity contribution < 1.29 is 13.2 Å². The number of thioether (sulfide) groups is 1. The third-order valence-corrected chi connectivity index (χ3v) is 4.01. The number of alkyl halides is 3. The van der Waals surface area contributed by atoms with Crippen LogP contribution < -0.4 is 5.43 Å². The lowest BCUT2D eigenvalue weighted by atomic mass is 10.1. The Bertz CT molecular complexity index is 751. The van der Waals surface area contributed by atoms with Crippen LogP contribution in [-0.4, -0.2) is 26.5 Å². The van der Waals surface area contributed by atoms with Crippen LogP contribution in [0.4, 0.5) is 18.9 Å². The number of fused-ring (bicyclic) bond motifs is 1. The minimum Gasteiger partial charge on any atom is -0.276 e. The summed E-state index contributed by atoms with van der Waals surface area (Å²) in [6.07, 6.45) is -4.57. The number of amidine groups is 1. The first-order chi connectivity index (χ1) is 10.3. The molecule has 1 N–H and O–H groups in total. The lowest BCUT2D eigenvalue weighted by Gasteiger charge is -2.19. The van der Waals surface area contributed by atoms with Crippen molar-refractivity contribution in [3.05, 3.63) is 35.2 Å². The molecule has 0 radical (unpaired) electrons. The van der Waals surface area contributed by atoms with Crippen LogP contribution in [0.15, 0.2) is 28.3 Å². The summed E-state index contributed by atoms with van der Waals surface area (Å²) >= 11 is 1.16. The number of hydrogen-bond acceptors (Lipinski definition) is 4. The number of nitrogens with zero attached hydrogens (tertiary/aromatic N) is 4. The average Bonchev–Trinajstić information content (AvgIpc) is 2.85. The van der Waals surface area contributed by atoms with E-state index in [1.165, 1.54) is 0 Å². The van der Waals surface area contributed by atoms with Crippen LogP contribution in [0.5, 0.6) is 0 Å². The Kier molecular flexibility index (Phi) is 3.59. The van der Waals surface area contributed by atoms with Crippen molar-refractivity contribution in [3.8, 4) is 0 Å². The number of halogens is 3. The van der Waals surface area contributed by atoms with E-state index in [1.54, 1.807) is 0 Å². The number of benzene rings is 1. The SMILES string of the molecule is Cc1ccc(N=C2CSc3nnc(C(F)(F)F)n3N2)c(C)c1. The standard InChI is InChI=1S/C13H12F3N5S/c1-7-3-4-9(8(2)5-7)17-10-6-22-12-19-18-11(13(14,15)16)21(12)20-10/h3-5H,6H2,1-2H3,(H,17,20). The predicted molar refractivity (Wildman–Crippen MR) is 78.1 cm³/mol. The summed E-state index contributed by atoms with van der Waals surface area (Å²) in [5.74, 6) is -0.249. The summed E-state index contributed by atoms with van der Waals surface area (Å²) in [4.78, 5) is 4.40. The molecule has 3 rings (SSSR count). The zero-order valence-electron chi connectivity index (χ0n) is 11.8. The summed E-state index contributed by atoms with van der Waals surface area (Å²) in [5.41, 5.74) is 5.43. The molecule has 1 aromatic heterocycles. The predicted octanol–water partition coefficient (Wildman–Crippen LogP) is 3.29. The lowest BCUT2D eigenvalue weighted by molar-refractivity contribution is -0.146. The van der Waals surface area contributed by atoms with E-state index in [1.807, 2.05) is 32.0 Å². The zero-order chi connectivity index (χ0) is 15.9. The van der Waals surface area contributed by atoms with Gasteiger partial charge in [-0.25, -0.2) is 9.67 Å². The van der Waals surface area contributed by atoms with Crippen LogP contribution in [0.2, 0.25) is 0 Å². The number of aliphatic imine (C=N–C) groups is 1. The average molecular weight is 327 g/mol. The quantitative estimate of drug-likeness (QED) is 0.873. The molecule has 2 aromatic rings. The van der Waals surface area contributed by atoms with Crippen LogP contribution in [0.1, 0.15) is 17.0 Å². The highest BCUT2D eigenvalue weighted by Gasteiger charge is 2.40. The molecular formula is C13H12F3N5S. The van der Waals surface area contributed by atoms with Gasteiger partial charge < -0.3 is 0 Å². The van der Waals surface area contributed by atoms with Crippen LogP contribution >= 0.6 is 11.8 Å². The molecule has 0 saturated heterocycles. The smallest absolute Gasteiger partial charge is 0.276 e. The second kappa shape index (κ2) is 5.31. The number of aromatic nitrogens is 3. The molecular weight excluding hydrogens is 315 g/mol. The van der Waals surface area contributed by atoms with Gasteiger partial charge in [-0.15, -0.1) is 10.2 Å². The summed E-state index contributed by atoms with van der Waals surface area (Å²) in [6, 6.07) is 5.73. The van der Waals surface area contributed by atoms with Gasteiger partial charge in [-0.2, -0.15) is 13.2 Å². The highest BCUT2D eigenvalue weighted by atomic mass is 32.2. The van der Waals surface area contributed by atoms with Crippen molar-refractivity contribution in [2.75, 3.05) is 11.2 Å². The second-order valence-corrected chi connectivity index (χ2v) is 5.83. The molecule has 9 heteroatoms. The highest BCUT2D eigenvalue weighted by molar-refractivity contribution is 7.99. The van der Waals surface area contributed by atoms with Gasteiger partial charge in [0.1, 0.15) is 5.84 Å². The molecule has 0 aliphatic carbocycles. The minimum absolute atomic E-state index is 0.173. The van der Waals surface area contributed by atoms with Crippen molar-refractivity contribution in [2.24, 2.45) is 4.99 Å². The van der Waals surface area contributed by atoms with E-state index in [0.717, 1.165) is 33.3 Å².